The predicted molar refractivity (Wildman–Crippen MR) is 120 cm³/mol. The molecule has 0 aliphatic rings. The number of hydrogen-bond donors (Lipinski definition) is 1. The van der Waals surface area contributed by atoms with Crippen LogP contribution < -0.4 is 4.74 Å². The van der Waals surface area contributed by atoms with Crippen molar-refractivity contribution >= 4 is 27.2 Å². The maximum atomic E-state index is 11.5. The van der Waals surface area contributed by atoms with Crippen molar-refractivity contribution in [3.63, 3.8) is 0 Å². The smallest absolute Gasteiger partial charge is 0.218 e. The number of carbonyl (C=O) groups is 1. The fourth-order valence-corrected chi connectivity index (χ4v) is 2.79. The Bertz CT molecular complexity index is 983. The Balaban J connectivity index is 0.000000299. The minimum absolute atomic E-state index is 0. The number of rotatable bonds is 3. The van der Waals surface area contributed by atoms with Crippen LogP contribution >= 0.6 is 11.3 Å². The Morgan fingerprint density at radius 3 is 2.40 bits per heavy atom. The van der Waals surface area contributed by atoms with Crippen LogP contribution in [0.15, 0.2) is 59.8 Å². The van der Waals surface area contributed by atoms with E-state index >= 15 is 0 Å². The molecule has 2 heterocycles. The van der Waals surface area contributed by atoms with E-state index < -0.39 is 5.41 Å². The maximum absolute atomic E-state index is 11.5. The molecule has 6 heteroatoms. The van der Waals surface area contributed by atoms with E-state index in [1.807, 2.05) is 89.5 Å². The summed E-state index contributed by atoms with van der Waals surface area (Å²) in [6.07, 6.45) is 3.16. The zero-order valence-electron chi connectivity index (χ0n) is 18.1. The number of benzene rings is 1. The zero-order valence-corrected chi connectivity index (χ0v) is 21.4. The molecule has 1 radical (unpaired) electrons. The molecule has 1 N–H and O–H groups in total. The molecule has 3 aromatic rings. The topological polar surface area (TPSA) is 59.4 Å². The number of thiophene rings is 1. The van der Waals surface area contributed by atoms with Gasteiger partial charge in [0.15, 0.2) is 5.78 Å². The molecule has 0 unspecified atom stereocenters. The predicted octanol–water partition coefficient (Wildman–Crippen LogP) is 6.98. The van der Waals surface area contributed by atoms with E-state index in [1.54, 1.807) is 11.3 Å². The number of aliphatic hydroxyl groups excluding tert-OH is 1. The van der Waals surface area contributed by atoms with Gasteiger partial charge in [-0.15, -0.1) is 23.5 Å². The average molecular weight is 603 g/mol. The quantitative estimate of drug-likeness (QED) is 0.200. The number of allylic oxidation sites excluding steroid dienone is 2. The number of aromatic nitrogens is 1. The van der Waals surface area contributed by atoms with E-state index in [-0.39, 0.29) is 37.1 Å². The number of nitrogens with zero attached hydrogens (tertiary/aromatic N) is 1. The van der Waals surface area contributed by atoms with Crippen LogP contribution in [0.25, 0.3) is 10.1 Å². The average Bonchev–Trinajstić information content (AvgIpc) is 3.09. The number of pyridine rings is 1. The van der Waals surface area contributed by atoms with Crippen molar-refractivity contribution in [2.45, 2.75) is 41.5 Å². The molecule has 0 amide bonds. The van der Waals surface area contributed by atoms with Crippen LogP contribution in [0.2, 0.25) is 0 Å². The van der Waals surface area contributed by atoms with Gasteiger partial charge in [-0.25, -0.2) is 4.98 Å². The van der Waals surface area contributed by atoms with Gasteiger partial charge in [-0.3, -0.25) is 4.79 Å². The Labute approximate surface area is 196 Å². The van der Waals surface area contributed by atoms with Crippen LogP contribution in [0.3, 0.4) is 0 Å². The van der Waals surface area contributed by atoms with Crippen LogP contribution in [0.5, 0.6) is 11.6 Å². The van der Waals surface area contributed by atoms with Crippen molar-refractivity contribution < 1.29 is 34.7 Å². The SMILES string of the molecule is CC(C)(C)C(=O)/C=C(\O)C(C)(C)C.[Ir].[c-]1ccccc1Oc1cc2sccc2cn1. The molecule has 163 valence electrons. The van der Waals surface area contributed by atoms with Crippen molar-refractivity contribution in [2.24, 2.45) is 10.8 Å². The van der Waals surface area contributed by atoms with Crippen molar-refractivity contribution in [1.29, 1.82) is 0 Å². The molecule has 0 saturated heterocycles. The third-order valence-electron chi connectivity index (χ3n) is 3.98. The van der Waals surface area contributed by atoms with E-state index in [9.17, 15) is 9.90 Å². The van der Waals surface area contributed by atoms with Gasteiger partial charge in [0.25, 0.3) is 0 Å². The fraction of sp³-hybridized carbons (Fsp3) is 0.333. The number of carbonyl (C=O) groups excluding carboxylic acids is 1. The first kappa shape index (κ1) is 26.0. The monoisotopic (exact) mass is 603 g/mol. The molecular weight excluding hydrogens is 575 g/mol. The number of hydrogen-bond acceptors (Lipinski definition) is 5. The van der Waals surface area contributed by atoms with Crippen LogP contribution in [0, 0.1) is 16.9 Å². The second-order valence-electron chi connectivity index (χ2n) is 8.70. The normalized spacial score (nSPS) is 11.9. The summed E-state index contributed by atoms with van der Waals surface area (Å²) < 4.78 is 6.78. The van der Waals surface area contributed by atoms with Gasteiger partial charge in [0, 0.05) is 65.1 Å². The van der Waals surface area contributed by atoms with E-state index in [1.165, 1.54) is 10.8 Å². The van der Waals surface area contributed by atoms with Gasteiger partial charge in [-0.1, -0.05) is 41.5 Å². The first-order valence-electron chi connectivity index (χ1n) is 9.40. The van der Waals surface area contributed by atoms with Gasteiger partial charge < -0.3 is 9.84 Å². The van der Waals surface area contributed by atoms with Crippen molar-refractivity contribution in [3.8, 4) is 11.6 Å². The van der Waals surface area contributed by atoms with Gasteiger partial charge in [0.1, 0.15) is 5.76 Å². The van der Waals surface area contributed by atoms with Crippen molar-refractivity contribution in [1.82, 2.24) is 4.98 Å². The third-order valence-corrected chi connectivity index (χ3v) is 4.86. The molecule has 0 aliphatic heterocycles. The summed E-state index contributed by atoms with van der Waals surface area (Å²) in [7, 11) is 0. The van der Waals surface area contributed by atoms with Gasteiger partial charge in [0.2, 0.25) is 5.88 Å². The molecule has 30 heavy (non-hydrogen) atoms. The summed E-state index contributed by atoms with van der Waals surface area (Å²) >= 11 is 1.68. The second-order valence-corrected chi connectivity index (χ2v) is 9.65. The molecule has 0 saturated carbocycles. The molecule has 4 nitrogen and oxygen atoms in total. The summed E-state index contributed by atoms with van der Waals surface area (Å²) in [4.78, 5) is 15.7. The number of fused-ring (bicyclic) bond motifs is 1. The van der Waals surface area contributed by atoms with Crippen LogP contribution in [-0.2, 0) is 24.9 Å². The standard InChI is InChI=1S/C13H8NOS.C11H20O2.Ir/c1-2-4-11(5-3-1)15-13-8-12-10(9-14-13)6-7-16-12;1-10(2,3)8(12)7-9(13)11(4,5)6;/h1-4,6-9H;7,12H,1-6H3;/q-1;;/b;8-7-;. The minimum atomic E-state index is -0.417. The van der Waals surface area contributed by atoms with E-state index in [2.05, 4.69) is 11.1 Å². The molecule has 0 atom stereocenters. The molecule has 1 aromatic carbocycles. The van der Waals surface area contributed by atoms with Crippen LogP contribution in [-0.4, -0.2) is 15.9 Å². The van der Waals surface area contributed by atoms with E-state index in [0.29, 0.717) is 11.6 Å². The Morgan fingerprint density at radius 2 is 1.83 bits per heavy atom. The second kappa shape index (κ2) is 10.9. The summed E-state index contributed by atoms with van der Waals surface area (Å²) in [5, 5.41) is 12.8. The van der Waals surface area contributed by atoms with Gasteiger partial charge in [0.05, 0.1) is 0 Å². The molecule has 3 rings (SSSR count). The maximum Gasteiger partial charge on any atom is 0.218 e. The summed E-state index contributed by atoms with van der Waals surface area (Å²) in [5.41, 5.74) is -0.764. The van der Waals surface area contributed by atoms with Crippen LogP contribution in [0.1, 0.15) is 41.5 Å². The van der Waals surface area contributed by atoms with Crippen molar-refractivity contribution in [2.75, 3.05) is 0 Å². The Hall–Kier alpha value is -2.01. The molecule has 0 spiro atoms. The van der Waals surface area contributed by atoms with Crippen molar-refractivity contribution in [3.05, 3.63) is 65.9 Å². The largest absolute Gasteiger partial charge is 0.512 e. The summed E-state index contributed by atoms with van der Waals surface area (Å²) in [6.45, 7) is 11.1. The first-order chi connectivity index (χ1) is 13.5. The molecule has 0 aliphatic carbocycles. The third kappa shape index (κ3) is 8.02. The molecular formula is C24H28IrNO3S-. The molecule has 0 fully saturated rings. The van der Waals surface area contributed by atoms with E-state index in [4.69, 9.17) is 4.74 Å². The number of ketones is 1. The zero-order chi connectivity index (χ0) is 21.7. The van der Waals surface area contributed by atoms with Gasteiger partial charge >= 0.3 is 0 Å². The number of aliphatic hydroxyl groups is 1. The molecule has 2 aromatic heterocycles. The van der Waals surface area contributed by atoms with Gasteiger partial charge in [-0.05, 0) is 11.4 Å². The summed E-state index contributed by atoms with van der Waals surface area (Å²) in [6, 6.07) is 14.5. The Kier molecular flexibility index (Phi) is 9.41. The molecule has 0 bridgehead atoms. The number of para-hydroxylation sites is 1. The van der Waals surface area contributed by atoms with Gasteiger partial charge in [-0.2, -0.15) is 18.2 Å². The fourth-order valence-electron chi connectivity index (χ4n) is 2.00. The summed E-state index contributed by atoms with van der Waals surface area (Å²) in [5.74, 6) is 1.40. The minimum Gasteiger partial charge on any atom is -0.512 e. The Morgan fingerprint density at radius 1 is 1.13 bits per heavy atom. The van der Waals surface area contributed by atoms with Crippen LogP contribution in [0.4, 0.5) is 0 Å². The first-order valence-corrected chi connectivity index (χ1v) is 10.3. The van der Waals surface area contributed by atoms with E-state index in [0.717, 1.165) is 5.39 Å². The number of ether oxygens (including phenoxy) is 1.